The highest BCUT2D eigenvalue weighted by Gasteiger charge is 2.48. The predicted molar refractivity (Wildman–Crippen MR) is 93.2 cm³/mol. The van der Waals surface area contributed by atoms with Crippen LogP contribution >= 0.6 is 0 Å². The summed E-state index contributed by atoms with van der Waals surface area (Å²) in [5.41, 5.74) is 0.335. The molecule has 4 rings (SSSR count). The third-order valence-electron chi connectivity index (χ3n) is 5.25. The van der Waals surface area contributed by atoms with Gasteiger partial charge in [0, 0.05) is 70.2 Å². The molecule has 0 radical (unpaired) electrons. The number of rotatable bonds is 4. The maximum Gasteiger partial charge on any atom is 0.227 e. The van der Waals surface area contributed by atoms with Gasteiger partial charge in [-0.1, -0.05) is 0 Å². The molecule has 1 N–H and O–H groups in total. The zero-order valence-corrected chi connectivity index (χ0v) is 13.9. The van der Waals surface area contributed by atoms with E-state index < -0.39 is 0 Å². The topological polar surface area (TPSA) is 64.6 Å². The van der Waals surface area contributed by atoms with E-state index in [1.165, 1.54) is 6.42 Å². The number of anilines is 2. The van der Waals surface area contributed by atoms with Crippen molar-refractivity contribution >= 4 is 18.1 Å². The number of hydrogen-bond donors (Lipinski definition) is 1. The van der Waals surface area contributed by atoms with Crippen LogP contribution in [0.15, 0.2) is 24.5 Å². The van der Waals surface area contributed by atoms with Gasteiger partial charge in [0.15, 0.2) is 0 Å². The van der Waals surface area contributed by atoms with Gasteiger partial charge in [-0.05, 0) is 18.6 Å². The van der Waals surface area contributed by atoms with Crippen molar-refractivity contribution in [3.8, 4) is 0 Å². The highest BCUT2D eigenvalue weighted by Crippen LogP contribution is 2.41. The Morgan fingerprint density at radius 2 is 1.96 bits per heavy atom. The molecule has 0 aromatic carbocycles. The maximum atomic E-state index is 10.5. The molecule has 128 valence electrons. The molecule has 4 heterocycles. The fourth-order valence-electron chi connectivity index (χ4n) is 3.98. The second-order valence-corrected chi connectivity index (χ2v) is 7.01. The van der Waals surface area contributed by atoms with E-state index in [9.17, 15) is 4.79 Å². The molecule has 7 heteroatoms. The normalized spacial score (nSPS) is 23.1. The number of piperazine rings is 1. The van der Waals surface area contributed by atoms with E-state index in [-0.39, 0.29) is 0 Å². The van der Waals surface area contributed by atoms with Crippen LogP contribution in [-0.4, -0.2) is 73.5 Å². The van der Waals surface area contributed by atoms with Gasteiger partial charge in [0.25, 0.3) is 0 Å². The molecule has 3 saturated heterocycles. The Bertz CT molecular complexity index is 621. The van der Waals surface area contributed by atoms with Crippen molar-refractivity contribution in [2.75, 3.05) is 62.2 Å². The summed E-state index contributed by atoms with van der Waals surface area (Å²) in [5, 5.41) is 3.37. The van der Waals surface area contributed by atoms with E-state index in [1.807, 2.05) is 18.5 Å². The fourth-order valence-corrected chi connectivity index (χ4v) is 3.98. The molecule has 0 bridgehead atoms. The van der Waals surface area contributed by atoms with Crippen LogP contribution in [0.2, 0.25) is 0 Å². The largest absolute Gasteiger partial charge is 0.377 e. The van der Waals surface area contributed by atoms with Gasteiger partial charge in [0.2, 0.25) is 5.95 Å². The minimum Gasteiger partial charge on any atom is -0.377 e. The summed E-state index contributed by atoms with van der Waals surface area (Å²) in [6, 6.07) is 2.01. The molecular weight excluding hydrogens is 304 g/mol. The van der Waals surface area contributed by atoms with Gasteiger partial charge in [-0.25, -0.2) is 4.98 Å². The first-order valence-corrected chi connectivity index (χ1v) is 8.68. The van der Waals surface area contributed by atoms with Gasteiger partial charge in [-0.3, -0.25) is 4.79 Å². The number of likely N-dealkylation sites (tertiary alicyclic amines) is 1. The van der Waals surface area contributed by atoms with Crippen molar-refractivity contribution in [1.82, 2.24) is 20.2 Å². The van der Waals surface area contributed by atoms with Crippen LogP contribution in [0.4, 0.5) is 11.8 Å². The first-order chi connectivity index (χ1) is 11.8. The van der Waals surface area contributed by atoms with Crippen LogP contribution in [0.5, 0.6) is 0 Å². The van der Waals surface area contributed by atoms with Crippen LogP contribution in [0.3, 0.4) is 0 Å². The van der Waals surface area contributed by atoms with Crippen LogP contribution < -0.4 is 15.1 Å². The van der Waals surface area contributed by atoms with Crippen molar-refractivity contribution in [2.45, 2.75) is 6.42 Å². The summed E-state index contributed by atoms with van der Waals surface area (Å²) < 4.78 is 0. The molecule has 1 aromatic heterocycles. The van der Waals surface area contributed by atoms with Crippen molar-refractivity contribution in [3.05, 3.63) is 24.5 Å². The zero-order chi connectivity index (χ0) is 16.4. The molecule has 0 unspecified atom stereocenters. The lowest BCUT2D eigenvalue weighted by atomic mass is 9.79. The van der Waals surface area contributed by atoms with Gasteiger partial charge in [0.05, 0.1) is 0 Å². The summed E-state index contributed by atoms with van der Waals surface area (Å²) in [4.78, 5) is 26.6. The number of hydrogen-bond acceptors (Lipinski definition) is 7. The number of aldehydes is 1. The molecule has 0 saturated carbocycles. The Kier molecular flexibility index (Phi) is 4.10. The van der Waals surface area contributed by atoms with E-state index in [2.05, 4.69) is 25.0 Å². The monoisotopic (exact) mass is 328 g/mol. The quantitative estimate of drug-likeness (QED) is 0.622. The molecule has 24 heavy (non-hydrogen) atoms. The predicted octanol–water partition coefficient (Wildman–Crippen LogP) is 0.111. The lowest BCUT2D eigenvalue weighted by molar-refractivity contribution is -0.104. The highest BCUT2D eigenvalue weighted by molar-refractivity contribution is 5.64. The van der Waals surface area contributed by atoms with Gasteiger partial charge in [0.1, 0.15) is 12.1 Å². The first-order valence-electron chi connectivity index (χ1n) is 8.68. The number of aromatic nitrogens is 2. The zero-order valence-electron chi connectivity index (χ0n) is 13.9. The smallest absolute Gasteiger partial charge is 0.227 e. The second-order valence-electron chi connectivity index (χ2n) is 7.01. The number of allylic oxidation sites excluding steroid dienone is 1. The van der Waals surface area contributed by atoms with Crippen LogP contribution in [0, 0.1) is 5.41 Å². The standard InChI is InChI=1S/C17H24N6O/c24-11-1-7-21-8-3-17(12-21)13-23(14-17)16-19-4-2-15(20-16)22-9-5-18-6-10-22/h1-2,4,7,11,18H,3,5-6,8-10,12-14H2/b7-1+. The van der Waals surface area contributed by atoms with E-state index in [0.717, 1.165) is 70.4 Å². The Balaban J connectivity index is 1.38. The molecule has 7 nitrogen and oxygen atoms in total. The number of nitrogens with zero attached hydrogens (tertiary/aromatic N) is 5. The summed E-state index contributed by atoms with van der Waals surface area (Å²) in [5.74, 6) is 1.88. The van der Waals surface area contributed by atoms with Gasteiger partial charge in [-0.15, -0.1) is 0 Å². The molecule has 3 fully saturated rings. The third kappa shape index (κ3) is 2.96. The molecular formula is C17H24N6O. The molecule has 3 aliphatic rings. The SMILES string of the molecule is O=C/C=C/N1CCC2(C1)CN(c1nccc(N3CCNCC3)n1)C2. The molecule has 0 aliphatic carbocycles. The minimum atomic E-state index is 0.335. The van der Waals surface area contributed by atoms with Gasteiger partial charge in [-0.2, -0.15) is 4.98 Å². The van der Waals surface area contributed by atoms with E-state index in [1.54, 1.807) is 6.08 Å². The Labute approximate surface area is 142 Å². The number of nitrogens with one attached hydrogen (secondary N) is 1. The second kappa shape index (κ2) is 6.39. The number of carbonyl (C=O) groups is 1. The summed E-state index contributed by atoms with van der Waals surface area (Å²) >= 11 is 0. The molecule has 0 amide bonds. The van der Waals surface area contributed by atoms with Crippen molar-refractivity contribution < 1.29 is 4.79 Å². The molecule has 1 aromatic rings. The van der Waals surface area contributed by atoms with Gasteiger partial charge < -0.3 is 20.0 Å². The highest BCUT2D eigenvalue weighted by atomic mass is 16.1. The molecule has 3 aliphatic heterocycles. The average molecular weight is 328 g/mol. The lowest BCUT2D eigenvalue weighted by Crippen LogP contribution is -2.58. The minimum absolute atomic E-state index is 0.335. The number of carbonyl (C=O) groups excluding carboxylic acids is 1. The van der Waals surface area contributed by atoms with E-state index in [0.29, 0.717) is 5.41 Å². The van der Waals surface area contributed by atoms with E-state index >= 15 is 0 Å². The Hall–Kier alpha value is -2.15. The fraction of sp³-hybridized carbons (Fsp3) is 0.588. The first kappa shape index (κ1) is 15.4. The average Bonchev–Trinajstić information content (AvgIpc) is 3.04. The van der Waals surface area contributed by atoms with Crippen LogP contribution in [0.25, 0.3) is 0 Å². The van der Waals surface area contributed by atoms with Crippen LogP contribution in [0.1, 0.15) is 6.42 Å². The van der Waals surface area contributed by atoms with E-state index in [4.69, 9.17) is 4.98 Å². The Morgan fingerprint density at radius 3 is 2.75 bits per heavy atom. The molecule has 0 atom stereocenters. The van der Waals surface area contributed by atoms with Crippen molar-refractivity contribution in [1.29, 1.82) is 0 Å². The van der Waals surface area contributed by atoms with Gasteiger partial charge >= 0.3 is 0 Å². The summed E-state index contributed by atoms with van der Waals surface area (Å²) in [7, 11) is 0. The molecule has 1 spiro atoms. The van der Waals surface area contributed by atoms with Crippen molar-refractivity contribution in [3.63, 3.8) is 0 Å². The summed E-state index contributed by atoms with van der Waals surface area (Å²) in [6.45, 7) is 8.07. The lowest BCUT2D eigenvalue weighted by Gasteiger charge is -2.48. The van der Waals surface area contributed by atoms with Crippen LogP contribution in [-0.2, 0) is 4.79 Å². The van der Waals surface area contributed by atoms with Crippen molar-refractivity contribution in [2.24, 2.45) is 5.41 Å². The Morgan fingerprint density at radius 1 is 1.12 bits per heavy atom. The maximum absolute atomic E-state index is 10.5. The third-order valence-corrected chi connectivity index (χ3v) is 5.25. The summed E-state index contributed by atoms with van der Waals surface area (Å²) in [6.07, 6.45) is 7.37.